The van der Waals surface area contributed by atoms with Gasteiger partial charge in [0.1, 0.15) is 9.84 Å². The van der Waals surface area contributed by atoms with Crippen molar-refractivity contribution < 1.29 is 8.42 Å². The molecule has 0 rings (SSSR count). The van der Waals surface area contributed by atoms with E-state index >= 15 is 0 Å². The molecule has 114 valence electrons. The zero-order valence-corrected chi connectivity index (χ0v) is 13.7. The van der Waals surface area contributed by atoms with Crippen molar-refractivity contribution in [2.75, 3.05) is 25.6 Å². The van der Waals surface area contributed by atoms with Gasteiger partial charge in [-0.3, -0.25) is 4.99 Å². The largest absolute Gasteiger partial charge is 0.356 e. The Morgan fingerprint density at radius 2 is 1.84 bits per heavy atom. The van der Waals surface area contributed by atoms with Gasteiger partial charge in [0.25, 0.3) is 0 Å². The molecule has 0 saturated carbocycles. The number of sulfone groups is 1. The van der Waals surface area contributed by atoms with Crippen molar-refractivity contribution in [3.63, 3.8) is 0 Å². The SMILES string of the molecule is CN=C(NCCCS(C)(=O)=O)NC(C)CCC(C)C. The highest BCUT2D eigenvalue weighted by atomic mass is 32.2. The third-order valence-electron chi connectivity index (χ3n) is 2.77. The van der Waals surface area contributed by atoms with Gasteiger partial charge in [-0.25, -0.2) is 8.42 Å². The highest BCUT2D eigenvalue weighted by Crippen LogP contribution is 2.06. The maximum Gasteiger partial charge on any atom is 0.191 e. The molecule has 0 aliphatic heterocycles. The molecule has 0 spiro atoms. The number of rotatable bonds is 8. The summed E-state index contributed by atoms with van der Waals surface area (Å²) in [7, 11) is -1.15. The van der Waals surface area contributed by atoms with Crippen LogP contribution < -0.4 is 10.6 Å². The summed E-state index contributed by atoms with van der Waals surface area (Å²) in [4.78, 5) is 4.13. The Morgan fingerprint density at radius 1 is 1.21 bits per heavy atom. The molecule has 0 aromatic carbocycles. The summed E-state index contributed by atoms with van der Waals surface area (Å²) < 4.78 is 22.0. The van der Waals surface area contributed by atoms with E-state index in [-0.39, 0.29) is 5.75 Å². The first-order valence-corrected chi connectivity index (χ1v) is 8.95. The summed E-state index contributed by atoms with van der Waals surface area (Å²) in [5.74, 6) is 1.65. The van der Waals surface area contributed by atoms with E-state index in [1.807, 2.05) is 0 Å². The lowest BCUT2D eigenvalue weighted by atomic mass is 10.0. The minimum Gasteiger partial charge on any atom is -0.356 e. The molecule has 19 heavy (non-hydrogen) atoms. The van der Waals surface area contributed by atoms with Crippen LogP contribution in [-0.2, 0) is 9.84 Å². The first-order chi connectivity index (χ1) is 8.74. The first kappa shape index (κ1) is 18.2. The standard InChI is InChI=1S/C13H29N3O2S/c1-11(2)7-8-12(3)16-13(14-4)15-9-6-10-19(5,17)18/h11-12H,6-10H2,1-5H3,(H2,14,15,16). The second-order valence-corrected chi connectivity index (χ2v) is 7.76. The number of nitrogens with zero attached hydrogens (tertiary/aromatic N) is 1. The maximum absolute atomic E-state index is 11.0. The van der Waals surface area contributed by atoms with Crippen molar-refractivity contribution in [3.8, 4) is 0 Å². The molecule has 0 heterocycles. The van der Waals surface area contributed by atoms with E-state index in [2.05, 4.69) is 36.4 Å². The molecule has 1 unspecified atom stereocenters. The van der Waals surface area contributed by atoms with Crippen LogP contribution in [0.5, 0.6) is 0 Å². The third kappa shape index (κ3) is 12.0. The van der Waals surface area contributed by atoms with E-state index < -0.39 is 9.84 Å². The molecule has 0 radical (unpaired) electrons. The molecule has 0 aliphatic rings. The molecule has 0 fully saturated rings. The number of nitrogens with one attached hydrogen (secondary N) is 2. The van der Waals surface area contributed by atoms with Gasteiger partial charge in [0.2, 0.25) is 0 Å². The van der Waals surface area contributed by atoms with Crippen LogP contribution in [-0.4, -0.2) is 46.0 Å². The highest BCUT2D eigenvalue weighted by Gasteiger charge is 2.06. The second-order valence-electron chi connectivity index (χ2n) is 5.50. The van der Waals surface area contributed by atoms with Gasteiger partial charge < -0.3 is 10.6 Å². The lowest BCUT2D eigenvalue weighted by Gasteiger charge is -2.18. The average molecular weight is 291 g/mol. The predicted molar refractivity (Wildman–Crippen MR) is 82.4 cm³/mol. The molecule has 0 aliphatic carbocycles. The van der Waals surface area contributed by atoms with Crippen molar-refractivity contribution in [3.05, 3.63) is 0 Å². The van der Waals surface area contributed by atoms with Crippen LogP contribution in [0.1, 0.15) is 40.0 Å². The van der Waals surface area contributed by atoms with Gasteiger partial charge in [0.15, 0.2) is 5.96 Å². The summed E-state index contributed by atoms with van der Waals surface area (Å²) >= 11 is 0. The smallest absolute Gasteiger partial charge is 0.191 e. The minimum absolute atomic E-state index is 0.208. The Bertz CT molecular complexity index is 364. The quantitative estimate of drug-likeness (QED) is 0.403. The first-order valence-electron chi connectivity index (χ1n) is 6.89. The van der Waals surface area contributed by atoms with Gasteiger partial charge in [0.05, 0.1) is 5.75 Å². The molecule has 0 bridgehead atoms. The molecule has 5 nitrogen and oxygen atoms in total. The van der Waals surface area contributed by atoms with Crippen molar-refractivity contribution in [1.29, 1.82) is 0 Å². The van der Waals surface area contributed by atoms with E-state index in [4.69, 9.17) is 0 Å². The molecule has 0 aromatic heterocycles. The van der Waals surface area contributed by atoms with Crippen LogP contribution in [0, 0.1) is 5.92 Å². The topological polar surface area (TPSA) is 70.6 Å². The molecule has 2 N–H and O–H groups in total. The Balaban J connectivity index is 3.90. The Kier molecular flexibility index (Phi) is 8.80. The number of guanidine groups is 1. The van der Waals surface area contributed by atoms with Crippen molar-refractivity contribution >= 4 is 15.8 Å². The molecule has 0 saturated heterocycles. The van der Waals surface area contributed by atoms with Gasteiger partial charge >= 0.3 is 0 Å². The van der Waals surface area contributed by atoms with Crippen LogP contribution in [0.15, 0.2) is 4.99 Å². The molecule has 6 heteroatoms. The zero-order valence-electron chi connectivity index (χ0n) is 12.9. The second kappa shape index (κ2) is 9.18. The molecule has 0 aromatic rings. The third-order valence-corrected chi connectivity index (χ3v) is 3.80. The summed E-state index contributed by atoms with van der Waals surface area (Å²) in [6.45, 7) is 7.17. The fourth-order valence-corrected chi connectivity index (χ4v) is 2.29. The highest BCUT2D eigenvalue weighted by molar-refractivity contribution is 7.90. The average Bonchev–Trinajstić information content (AvgIpc) is 2.29. The van der Waals surface area contributed by atoms with E-state index in [0.717, 1.165) is 12.4 Å². The number of aliphatic imine (C=N–C) groups is 1. The zero-order chi connectivity index (χ0) is 14.9. The van der Waals surface area contributed by atoms with Crippen molar-refractivity contribution in [1.82, 2.24) is 10.6 Å². The van der Waals surface area contributed by atoms with Crippen LogP contribution in [0.2, 0.25) is 0 Å². The lowest BCUT2D eigenvalue weighted by Crippen LogP contribution is -2.42. The minimum atomic E-state index is -2.87. The fourth-order valence-electron chi connectivity index (χ4n) is 1.62. The van der Waals surface area contributed by atoms with Crippen LogP contribution >= 0.6 is 0 Å². The summed E-state index contributed by atoms with van der Waals surface area (Å²) in [6.07, 6.45) is 4.13. The normalized spacial score (nSPS) is 14.5. The van der Waals surface area contributed by atoms with Gasteiger partial charge in [-0.05, 0) is 32.1 Å². The Hall–Kier alpha value is -0.780. The lowest BCUT2D eigenvalue weighted by molar-refractivity contribution is 0.489. The molecular weight excluding hydrogens is 262 g/mol. The van der Waals surface area contributed by atoms with Gasteiger partial charge in [-0.1, -0.05) is 13.8 Å². The van der Waals surface area contributed by atoms with E-state index in [1.165, 1.54) is 12.7 Å². The Morgan fingerprint density at radius 3 is 2.32 bits per heavy atom. The van der Waals surface area contributed by atoms with Crippen LogP contribution in [0.25, 0.3) is 0 Å². The van der Waals surface area contributed by atoms with E-state index in [0.29, 0.717) is 24.9 Å². The van der Waals surface area contributed by atoms with Gasteiger partial charge in [-0.15, -0.1) is 0 Å². The van der Waals surface area contributed by atoms with Gasteiger partial charge in [-0.2, -0.15) is 0 Å². The number of hydrogen-bond donors (Lipinski definition) is 2. The predicted octanol–water partition coefficient (Wildman–Crippen LogP) is 1.41. The van der Waals surface area contributed by atoms with E-state index in [1.54, 1.807) is 7.05 Å². The molecule has 1 atom stereocenters. The van der Waals surface area contributed by atoms with Crippen molar-refractivity contribution in [2.45, 2.75) is 46.1 Å². The fraction of sp³-hybridized carbons (Fsp3) is 0.923. The summed E-state index contributed by atoms with van der Waals surface area (Å²) in [5.41, 5.74) is 0. The Labute approximate surface area is 118 Å². The monoisotopic (exact) mass is 291 g/mol. The van der Waals surface area contributed by atoms with Crippen LogP contribution in [0.4, 0.5) is 0 Å². The van der Waals surface area contributed by atoms with Crippen molar-refractivity contribution in [2.24, 2.45) is 10.9 Å². The number of hydrogen-bond acceptors (Lipinski definition) is 3. The van der Waals surface area contributed by atoms with Crippen LogP contribution in [0.3, 0.4) is 0 Å². The van der Waals surface area contributed by atoms with Gasteiger partial charge in [0, 0.05) is 25.9 Å². The summed E-state index contributed by atoms with van der Waals surface area (Å²) in [6, 6.07) is 0.364. The molecule has 0 amide bonds. The molecular formula is C13H29N3O2S. The summed E-state index contributed by atoms with van der Waals surface area (Å²) in [5, 5.41) is 6.44. The maximum atomic E-state index is 11.0. The van der Waals surface area contributed by atoms with E-state index in [9.17, 15) is 8.42 Å².